The molecule has 0 unspecified atom stereocenters. The summed E-state index contributed by atoms with van der Waals surface area (Å²) in [6, 6.07) is 7.90. The van der Waals surface area contributed by atoms with Crippen molar-refractivity contribution >= 4 is 11.8 Å². The lowest BCUT2D eigenvalue weighted by atomic mass is 10.1. The van der Waals surface area contributed by atoms with Crippen molar-refractivity contribution in [3.8, 4) is 11.5 Å². The van der Waals surface area contributed by atoms with Gasteiger partial charge in [-0.3, -0.25) is 5.21 Å². The van der Waals surface area contributed by atoms with Crippen LogP contribution >= 0.6 is 0 Å². The van der Waals surface area contributed by atoms with Crippen LogP contribution in [0.25, 0.3) is 0 Å². The second-order valence-corrected chi connectivity index (χ2v) is 5.82. The zero-order valence-electron chi connectivity index (χ0n) is 15.9. The standard InChI is InChI=1S/C20H24FNO5/c1-5-14-11-16(21)19(10-13(14)3)27-12-15-17(22(24)20(23)25-4)8-7-9-18(15)26-6-2/h7-11,24H,5-6,12H2,1-4H3. The average Bonchev–Trinajstić information content (AvgIpc) is 2.67. The van der Waals surface area contributed by atoms with Crippen molar-refractivity contribution < 1.29 is 28.6 Å². The summed E-state index contributed by atoms with van der Waals surface area (Å²) >= 11 is 0. The number of carbonyl (C=O) groups excluding carboxylic acids is 1. The maximum absolute atomic E-state index is 14.3. The summed E-state index contributed by atoms with van der Waals surface area (Å²) in [7, 11) is 1.15. The highest BCUT2D eigenvalue weighted by Gasteiger charge is 2.21. The smallest absolute Gasteiger partial charge is 0.438 e. The molecule has 0 fully saturated rings. The quantitative estimate of drug-likeness (QED) is 0.562. The van der Waals surface area contributed by atoms with E-state index < -0.39 is 11.9 Å². The van der Waals surface area contributed by atoms with Crippen molar-refractivity contribution in [1.29, 1.82) is 0 Å². The van der Waals surface area contributed by atoms with Gasteiger partial charge in [-0.05, 0) is 55.7 Å². The van der Waals surface area contributed by atoms with E-state index >= 15 is 0 Å². The van der Waals surface area contributed by atoms with Gasteiger partial charge in [0.2, 0.25) is 0 Å². The predicted octanol–water partition coefficient (Wildman–Crippen LogP) is 4.64. The third-order valence-electron chi connectivity index (χ3n) is 4.13. The summed E-state index contributed by atoms with van der Waals surface area (Å²) in [6.07, 6.45) is -0.238. The monoisotopic (exact) mass is 377 g/mol. The fourth-order valence-electron chi connectivity index (χ4n) is 2.71. The van der Waals surface area contributed by atoms with Crippen LogP contribution in [0.2, 0.25) is 0 Å². The number of ether oxygens (including phenoxy) is 3. The maximum atomic E-state index is 14.3. The Kier molecular flexibility index (Phi) is 7.01. The van der Waals surface area contributed by atoms with Crippen molar-refractivity contribution in [2.45, 2.75) is 33.8 Å². The lowest BCUT2D eigenvalue weighted by molar-refractivity contribution is 0.140. The van der Waals surface area contributed by atoms with E-state index in [9.17, 15) is 14.4 Å². The molecule has 0 radical (unpaired) electrons. The van der Waals surface area contributed by atoms with E-state index in [4.69, 9.17) is 9.47 Å². The largest absolute Gasteiger partial charge is 0.493 e. The number of nitrogens with zero attached hydrogens (tertiary/aromatic N) is 1. The molecule has 2 aromatic rings. The van der Waals surface area contributed by atoms with Crippen LogP contribution in [-0.4, -0.2) is 25.0 Å². The third-order valence-corrected chi connectivity index (χ3v) is 4.13. The van der Waals surface area contributed by atoms with Crippen LogP contribution in [0.3, 0.4) is 0 Å². The van der Waals surface area contributed by atoms with E-state index in [0.29, 0.717) is 23.0 Å². The number of carbonyl (C=O) groups is 1. The van der Waals surface area contributed by atoms with Gasteiger partial charge in [0.15, 0.2) is 11.6 Å². The van der Waals surface area contributed by atoms with Gasteiger partial charge in [-0.2, -0.15) is 5.06 Å². The second-order valence-electron chi connectivity index (χ2n) is 5.82. The summed E-state index contributed by atoms with van der Waals surface area (Å²) in [6.45, 7) is 5.91. The molecule has 1 N–H and O–H groups in total. The molecule has 2 aromatic carbocycles. The van der Waals surface area contributed by atoms with Gasteiger partial charge in [-0.1, -0.05) is 13.0 Å². The number of methoxy groups -OCH3 is 1. The highest BCUT2D eigenvalue weighted by Crippen LogP contribution is 2.32. The third kappa shape index (κ3) is 4.68. The molecule has 0 aromatic heterocycles. The molecule has 0 saturated carbocycles. The van der Waals surface area contributed by atoms with Crippen molar-refractivity contribution in [3.63, 3.8) is 0 Å². The first-order valence-electron chi connectivity index (χ1n) is 8.66. The normalized spacial score (nSPS) is 10.4. The van der Waals surface area contributed by atoms with Gasteiger partial charge in [0, 0.05) is 0 Å². The number of hydroxylamine groups is 1. The number of benzene rings is 2. The van der Waals surface area contributed by atoms with Gasteiger partial charge in [0.1, 0.15) is 12.4 Å². The van der Waals surface area contributed by atoms with E-state index in [1.165, 1.54) is 12.1 Å². The van der Waals surface area contributed by atoms with E-state index in [0.717, 1.165) is 24.7 Å². The average molecular weight is 377 g/mol. The van der Waals surface area contributed by atoms with Crippen LogP contribution in [0, 0.1) is 12.7 Å². The number of hydrogen-bond acceptors (Lipinski definition) is 5. The SMILES string of the molecule is CCOc1cccc(N(O)C(=O)OC)c1COc1cc(C)c(CC)cc1F. The molecule has 146 valence electrons. The molecule has 0 heterocycles. The number of rotatable bonds is 7. The molecule has 6 nitrogen and oxygen atoms in total. The van der Waals surface area contributed by atoms with Crippen LogP contribution in [-0.2, 0) is 17.8 Å². The Labute approximate surface area is 158 Å². The molecule has 0 aliphatic rings. The van der Waals surface area contributed by atoms with E-state index in [1.807, 2.05) is 13.8 Å². The number of anilines is 1. The minimum Gasteiger partial charge on any atom is -0.493 e. The van der Waals surface area contributed by atoms with Gasteiger partial charge < -0.3 is 14.2 Å². The Balaban J connectivity index is 2.36. The number of aryl methyl sites for hydroxylation is 2. The fraction of sp³-hybridized carbons (Fsp3) is 0.350. The van der Waals surface area contributed by atoms with Crippen molar-refractivity contribution in [2.75, 3.05) is 18.8 Å². The van der Waals surface area contributed by atoms with Crippen LogP contribution in [0.4, 0.5) is 14.9 Å². The van der Waals surface area contributed by atoms with Gasteiger partial charge in [0.05, 0.1) is 25.0 Å². The molecule has 0 bridgehead atoms. The van der Waals surface area contributed by atoms with Gasteiger partial charge in [-0.15, -0.1) is 0 Å². The highest BCUT2D eigenvalue weighted by molar-refractivity contribution is 5.86. The minimum atomic E-state index is -0.959. The van der Waals surface area contributed by atoms with Crippen LogP contribution in [0.5, 0.6) is 11.5 Å². The predicted molar refractivity (Wildman–Crippen MR) is 99.1 cm³/mol. The number of hydrogen-bond donors (Lipinski definition) is 1. The Hall–Kier alpha value is -2.80. The molecule has 7 heteroatoms. The summed E-state index contributed by atoms with van der Waals surface area (Å²) in [5.74, 6) is 0.0338. The molecule has 1 amide bonds. The number of halogens is 1. The zero-order chi connectivity index (χ0) is 20.0. The summed E-state index contributed by atoms with van der Waals surface area (Å²) < 4.78 is 30.1. The first kappa shape index (κ1) is 20.5. The Morgan fingerprint density at radius 2 is 1.93 bits per heavy atom. The van der Waals surface area contributed by atoms with E-state index in [1.54, 1.807) is 25.1 Å². The first-order chi connectivity index (χ1) is 12.9. The maximum Gasteiger partial charge on any atom is 0.438 e. The topological polar surface area (TPSA) is 68.2 Å². The van der Waals surface area contributed by atoms with Crippen molar-refractivity contribution in [3.05, 3.63) is 52.8 Å². The van der Waals surface area contributed by atoms with Crippen LogP contribution in [0.15, 0.2) is 30.3 Å². The number of amides is 1. The second kappa shape index (κ2) is 9.23. The molecule has 0 aliphatic carbocycles. The molecule has 2 rings (SSSR count). The fourth-order valence-corrected chi connectivity index (χ4v) is 2.71. The Morgan fingerprint density at radius 1 is 1.19 bits per heavy atom. The van der Waals surface area contributed by atoms with E-state index in [-0.39, 0.29) is 18.0 Å². The van der Waals surface area contributed by atoms with E-state index in [2.05, 4.69) is 4.74 Å². The zero-order valence-corrected chi connectivity index (χ0v) is 15.9. The van der Waals surface area contributed by atoms with Crippen molar-refractivity contribution in [2.24, 2.45) is 0 Å². The Bertz CT molecular complexity index is 809. The lowest BCUT2D eigenvalue weighted by Gasteiger charge is -2.20. The van der Waals surface area contributed by atoms with Gasteiger partial charge in [0.25, 0.3) is 0 Å². The highest BCUT2D eigenvalue weighted by atomic mass is 19.1. The molecule has 0 spiro atoms. The Morgan fingerprint density at radius 3 is 2.56 bits per heavy atom. The summed E-state index contributed by atoms with van der Waals surface area (Å²) in [5.41, 5.74) is 2.35. The molecule has 0 atom stereocenters. The molecular formula is C20H24FNO5. The summed E-state index contributed by atoms with van der Waals surface area (Å²) in [5, 5.41) is 10.5. The first-order valence-corrected chi connectivity index (χ1v) is 8.66. The molecule has 27 heavy (non-hydrogen) atoms. The van der Waals surface area contributed by atoms with Crippen molar-refractivity contribution in [1.82, 2.24) is 0 Å². The van der Waals surface area contributed by atoms with Gasteiger partial charge >= 0.3 is 6.09 Å². The van der Waals surface area contributed by atoms with Crippen LogP contribution < -0.4 is 14.5 Å². The van der Waals surface area contributed by atoms with Gasteiger partial charge in [-0.25, -0.2) is 9.18 Å². The molecular weight excluding hydrogens is 353 g/mol. The summed E-state index contributed by atoms with van der Waals surface area (Å²) in [4.78, 5) is 11.7. The van der Waals surface area contributed by atoms with Crippen LogP contribution in [0.1, 0.15) is 30.5 Å². The minimum absolute atomic E-state index is 0.0875. The molecule has 0 aliphatic heterocycles. The molecule has 0 saturated heterocycles. The lowest BCUT2D eigenvalue weighted by Crippen LogP contribution is -2.28.